The van der Waals surface area contributed by atoms with Gasteiger partial charge in [0.1, 0.15) is 5.69 Å². The maximum atomic E-state index is 12.5. The van der Waals surface area contributed by atoms with Crippen LogP contribution in [0.5, 0.6) is 0 Å². The van der Waals surface area contributed by atoms with Crippen molar-refractivity contribution >= 4 is 11.9 Å². The van der Waals surface area contributed by atoms with Gasteiger partial charge in [0.05, 0.1) is 13.2 Å². The van der Waals surface area contributed by atoms with Crippen LogP contribution in [0.25, 0.3) is 0 Å². The number of rotatable bonds is 3. The summed E-state index contributed by atoms with van der Waals surface area (Å²) in [4.78, 5) is 26.2. The summed E-state index contributed by atoms with van der Waals surface area (Å²) in [5.74, 6) is -0.744. The summed E-state index contributed by atoms with van der Waals surface area (Å²) in [6, 6.07) is 0. The van der Waals surface area contributed by atoms with E-state index in [4.69, 9.17) is 4.74 Å². The molecule has 0 fully saturated rings. The van der Waals surface area contributed by atoms with Crippen LogP contribution >= 0.6 is 0 Å². The molecule has 9 heteroatoms. The first-order chi connectivity index (χ1) is 11.0. The number of nitrogens with zero attached hydrogens (tertiary/aromatic N) is 5. The molecule has 122 valence electrons. The Kier molecular flexibility index (Phi) is 3.85. The van der Waals surface area contributed by atoms with Gasteiger partial charge >= 0.3 is 5.97 Å². The van der Waals surface area contributed by atoms with E-state index in [0.29, 0.717) is 18.7 Å². The number of aryl methyl sites for hydroxylation is 2. The van der Waals surface area contributed by atoms with Crippen LogP contribution in [-0.2, 0) is 24.8 Å². The summed E-state index contributed by atoms with van der Waals surface area (Å²) >= 11 is 0. The summed E-state index contributed by atoms with van der Waals surface area (Å²) in [5.41, 5.74) is 2.55. The lowest BCUT2D eigenvalue weighted by molar-refractivity contribution is 0.0513. The van der Waals surface area contributed by atoms with E-state index < -0.39 is 5.97 Å². The molecule has 0 radical (unpaired) electrons. The van der Waals surface area contributed by atoms with Gasteiger partial charge in [0.25, 0.3) is 5.91 Å². The molecule has 1 aliphatic heterocycles. The molecule has 23 heavy (non-hydrogen) atoms. The molecule has 0 bridgehead atoms. The number of carbonyl (C=O) groups is 2. The lowest BCUT2D eigenvalue weighted by Crippen LogP contribution is -2.37. The Bertz CT molecular complexity index is 763. The Labute approximate surface area is 132 Å². The first kappa shape index (κ1) is 15.2. The van der Waals surface area contributed by atoms with Crippen LogP contribution in [0.4, 0.5) is 0 Å². The van der Waals surface area contributed by atoms with E-state index in [9.17, 15) is 9.59 Å². The first-order valence-corrected chi connectivity index (χ1v) is 7.33. The molecule has 9 nitrogen and oxygen atoms in total. The van der Waals surface area contributed by atoms with Crippen LogP contribution in [0, 0.1) is 6.92 Å². The van der Waals surface area contributed by atoms with Crippen LogP contribution in [0.2, 0.25) is 0 Å². The number of aromatic nitrogens is 4. The maximum absolute atomic E-state index is 12.5. The van der Waals surface area contributed by atoms with Crippen LogP contribution in [0.3, 0.4) is 0 Å². The summed E-state index contributed by atoms with van der Waals surface area (Å²) in [6.07, 6.45) is 0.605. The highest BCUT2D eigenvalue weighted by molar-refractivity contribution is 5.94. The smallest absolute Gasteiger partial charge is 0.359 e. The Balaban J connectivity index is 1.89. The molecular formula is C14H17N5O4. The van der Waals surface area contributed by atoms with Crippen LogP contribution in [0.15, 0.2) is 4.63 Å². The highest BCUT2D eigenvalue weighted by Gasteiger charge is 2.31. The molecule has 0 saturated carbocycles. The molecule has 0 unspecified atom stereocenters. The normalized spacial score (nSPS) is 13.8. The molecule has 0 aromatic carbocycles. The van der Waals surface area contributed by atoms with Crippen molar-refractivity contribution in [2.45, 2.75) is 26.8 Å². The van der Waals surface area contributed by atoms with E-state index in [1.54, 1.807) is 30.5 Å². The SMILES string of the molecule is CCOC(=O)c1nn(C)c2c1CN(C(=O)c1nonc1C)CC2. The Morgan fingerprint density at radius 2 is 2.09 bits per heavy atom. The van der Waals surface area contributed by atoms with Gasteiger partial charge in [-0.15, -0.1) is 0 Å². The van der Waals surface area contributed by atoms with Gasteiger partial charge in [0.2, 0.25) is 0 Å². The number of amides is 1. The minimum atomic E-state index is -0.474. The second-order valence-corrected chi connectivity index (χ2v) is 5.29. The molecule has 3 heterocycles. The lowest BCUT2D eigenvalue weighted by atomic mass is 10.0. The molecule has 2 aromatic rings. The predicted octanol–water partition coefficient (Wildman–Crippen LogP) is 0.487. The molecule has 0 spiro atoms. The number of carbonyl (C=O) groups excluding carboxylic acids is 2. The summed E-state index contributed by atoms with van der Waals surface area (Å²) in [7, 11) is 1.78. The van der Waals surface area contributed by atoms with Crippen molar-refractivity contribution in [1.29, 1.82) is 0 Å². The van der Waals surface area contributed by atoms with Crippen LogP contribution in [-0.4, -0.2) is 50.0 Å². The fourth-order valence-corrected chi connectivity index (χ4v) is 2.70. The maximum Gasteiger partial charge on any atom is 0.359 e. The van der Waals surface area contributed by atoms with Crippen molar-refractivity contribution in [3.05, 3.63) is 28.3 Å². The standard InChI is InChI=1S/C14H17N5O4/c1-4-22-14(21)12-9-7-19(6-5-10(9)18(3)15-12)13(20)11-8(2)16-23-17-11/h4-7H2,1-3H3. The van der Waals surface area contributed by atoms with Gasteiger partial charge in [-0.25, -0.2) is 9.42 Å². The average Bonchev–Trinajstić information content (AvgIpc) is 3.10. The second kappa shape index (κ2) is 5.82. The Morgan fingerprint density at radius 3 is 2.74 bits per heavy atom. The van der Waals surface area contributed by atoms with Crippen LogP contribution in [0.1, 0.15) is 44.9 Å². The third-order valence-electron chi connectivity index (χ3n) is 3.85. The van der Waals surface area contributed by atoms with Crippen LogP contribution < -0.4 is 0 Å². The van der Waals surface area contributed by atoms with E-state index in [1.165, 1.54) is 0 Å². The summed E-state index contributed by atoms with van der Waals surface area (Å²) in [6.45, 7) is 4.47. The quantitative estimate of drug-likeness (QED) is 0.758. The average molecular weight is 319 g/mol. The fourth-order valence-electron chi connectivity index (χ4n) is 2.70. The monoisotopic (exact) mass is 319 g/mol. The zero-order chi connectivity index (χ0) is 16.6. The molecule has 3 rings (SSSR count). The van der Waals surface area contributed by atoms with Crippen molar-refractivity contribution in [3.63, 3.8) is 0 Å². The largest absolute Gasteiger partial charge is 0.461 e. The fraction of sp³-hybridized carbons (Fsp3) is 0.500. The third kappa shape index (κ3) is 2.58. The Hall–Kier alpha value is -2.71. The number of hydrogen-bond donors (Lipinski definition) is 0. The zero-order valence-electron chi connectivity index (χ0n) is 13.2. The van der Waals surface area contributed by atoms with Crippen molar-refractivity contribution in [2.75, 3.05) is 13.2 Å². The lowest BCUT2D eigenvalue weighted by Gasteiger charge is -2.26. The van der Waals surface area contributed by atoms with Crippen molar-refractivity contribution in [1.82, 2.24) is 25.0 Å². The Morgan fingerprint density at radius 1 is 1.30 bits per heavy atom. The van der Waals surface area contributed by atoms with Gasteiger partial charge in [-0.2, -0.15) is 5.10 Å². The number of esters is 1. The van der Waals surface area contributed by atoms with Gasteiger partial charge < -0.3 is 9.64 Å². The van der Waals surface area contributed by atoms with E-state index >= 15 is 0 Å². The van der Waals surface area contributed by atoms with E-state index in [2.05, 4.69) is 20.0 Å². The van der Waals surface area contributed by atoms with Gasteiger partial charge in [-0.3, -0.25) is 9.48 Å². The zero-order valence-corrected chi connectivity index (χ0v) is 13.2. The highest BCUT2D eigenvalue weighted by Crippen LogP contribution is 2.24. The molecule has 0 saturated heterocycles. The first-order valence-electron chi connectivity index (χ1n) is 7.33. The van der Waals surface area contributed by atoms with E-state index in [0.717, 1.165) is 11.3 Å². The molecule has 1 aliphatic rings. The molecule has 0 atom stereocenters. The van der Waals surface area contributed by atoms with Gasteiger partial charge in [0, 0.05) is 31.3 Å². The minimum Gasteiger partial charge on any atom is -0.461 e. The van der Waals surface area contributed by atoms with E-state index in [-0.39, 0.29) is 30.4 Å². The molecule has 2 aromatic heterocycles. The van der Waals surface area contributed by atoms with Gasteiger partial charge in [-0.05, 0) is 19.0 Å². The number of fused-ring (bicyclic) bond motifs is 1. The second-order valence-electron chi connectivity index (χ2n) is 5.29. The molecule has 0 N–H and O–H groups in total. The van der Waals surface area contributed by atoms with Crippen molar-refractivity contribution in [2.24, 2.45) is 7.05 Å². The van der Waals surface area contributed by atoms with Gasteiger partial charge in [-0.1, -0.05) is 5.16 Å². The minimum absolute atomic E-state index is 0.190. The molecule has 1 amide bonds. The summed E-state index contributed by atoms with van der Waals surface area (Å²) in [5, 5.41) is 11.5. The van der Waals surface area contributed by atoms with E-state index in [1.807, 2.05) is 0 Å². The highest BCUT2D eigenvalue weighted by atomic mass is 16.6. The van der Waals surface area contributed by atoms with Crippen molar-refractivity contribution in [3.8, 4) is 0 Å². The number of hydrogen-bond acceptors (Lipinski definition) is 7. The predicted molar refractivity (Wildman–Crippen MR) is 76.6 cm³/mol. The summed E-state index contributed by atoms with van der Waals surface area (Å²) < 4.78 is 11.3. The van der Waals surface area contributed by atoms with Crippen molar-refractivity contribution < 1.29 is 19.0 Å². The molecule has 0 aliphatic carbocycles. The third-order valence-corrected chi connectivity index (χ3v) is 3.85. The molecular weight excluding hydrogens is 302 g/mol. The topological polar surface area (TPSA) is 103 Å². The number of ether oxygens (including phenoxy) is 1. The van der Waals surface area contributed by atoms with Gasteiger partial charge in [0.15, 0.2) is 11.4 Å².